The van der Waals surface area contributed by atoms with Gasteiger partial charge in [-0.2, -0.15) is 0 Å². The Morgan fingerprint density at radius 1 is 1.04 bits per heavy atom. The summed E-state index contributed by atoms with van der Waals surface area (Å²) >= 11 is 0. The average Bonchev–Trinajstić information content (AvgIpc) is 2.92. The number of para-hydroxylation sites is 2. The van der Waals surface area contributed by atoms with Crippen molar-refractivity contribution in [1.29, 1.82) is 0 Å². The average molecular weight is 308 g/mol. The van der Waals surface area contributed by atoms with Crippen LogP contribution in [0, 0.1) is 0 Å². The Labute approximate surface area is 137 Å². The molecule has 0 amide bonds. The number of hydrogen-bond acceptors (Lipinski definition) is 3. The summed E-state index contributed by atoms with van der Waals surface area (Å²) in [5, 5.41) is 0. The summed E-state index contributed by atoms with van der Waals surface area (Å²) in [5.41, 5.74) is 9.92. The molecule has 0 radical (unpaired) electrons. The molecule has 0 bridgehead atoms. The number of rotatable bonds is 6. The van der Waals surface area contributed by atoms with Crippen LogP contribution in [0.4, 0.5) is 0 Å². The first-order valence-corrected chi connectivity index (χ1v) is 8.04. The highest BCUT2D eigenvalue weighted by Gasteiger charge is 2.17. The minimum atomic E-state index is -0.105. The van der Waals surface area contributed by atoms with Gasteiger partial charge >= 0.3 is 0 Å². The third-order valence-corrected chi connectivity index (χ3v) is 4.08. The Bertz CT molecular complexity index is 761. The third kappa shape index (κ3) is 3.60. The Kier molecular flexibility index (Phi) is 4.74. The maximum absolute atomic E-state index is 6.50. The first kappa shape index (κ1) is 15.7. The van der Waals surface area contributed by atoms with Crippen LogP contribution in [-0.2, 0) is 13.0 Å². The molecule has 3 rings (SSSR count). The molecule has 4 heteroatoms. The number of likely N-dealkylation sites (N-methyl/N-ethyl adjacent to an activating group) is 1. The van der Waals surface area contributed by atoms with Crippen molar-refractivity contribution in [3.05, 3.63) is 66.0 Å². The van der Waals surface area contributed by atoms with E-state index in [4.69, 9.17) is 10.7 Å². The van der Waals surface area contributed by atoms with Gasteiger partial charge in [0.25, 0.3) is 0 Å². The largest absolute Gasteiger partial charge is 0.325 e. The molecule has 2 aromatic carbocycles. The van der Waals surface area contributed by atoms with E-state index >= 15 is 0 Å². The van der Waals surface area contributed by atoms with Crippen molar-refractivity contribution >= 4 is 11.0 Å². The van der Waals surface area contributed by atoms with Gasteiger partial charge in [0.1, 0.15) is 5.82 Å². The zero-order valence-electron chi connectivity index (χ0n) is 13.8. The lowest BCUT2D eigenvalue weighted by Gasteiger charge is -2.17. The van der Waals surface area contributed by atoms with Crippen molar-refractivity contribution in [1.82, 2.24) is 14.5 Å². The lowest BCUT2D eigenvalue weighted by atomic mass is 10.1. The second-order valence-electron chi connectivity index (χ2n) is 6.21. The quantitative estimate of drug-likeness (QED) is 0.762. The van der Waals surface area contributed by atoms with Crippen LogP contribution in [0.5, 0.6) is 0 Å². The first-order valence-electron chi connectivity index (χ1n) is 8.04. The van der Waals surface area contributed by atoms with Crippen LogP contribution in [0.2, 0.25) is 0 Å². The summed E-state index contributed by atoms with van der Waals surface area (Å²) in [6.07, 6.45) is 0.798. The molecule has 0 saturated heterocycles. The highest BCUT2D eigenvalue weighted by molar-refractivity contribution is 5.76. The maximum atomic E-state index is 6.50. The van der Waals surface area contributed by atoms with Crippen LogP contribution in [0.15, 0.2) is 54.6 Å². The van der Waals surface area contributed by atoms with Crippen LogP contribution < -0.4 is 5.73 Å². The van der Waals surface area contributed by atoms with E-state index < -0.39 is 0 Å². The van der Waals surface area contributed by atoms with Gasteiger partial charge in [-0.05, 0) is 38.2 Å². The Morgan fingerprint density at radius 3 is 2.48 bits per heavy atom. The minimum Gasteiger partial charge on any atom is -0.325 e. The molecule has 0 aliphatic carbocycles. The molecule has 120 valence electrons. The molecular formula is C19H24N4. The van der Waals surface area contributed by atoms with Crippen molar-refractivity contribution in [2.75, 3.05) is 20.6 Å². The lowest BCUT2D eigenvalue weighted by molar-refractivity contribution is 0.380. The number of fused-ring (bicyclic) bond motifs is 1. The molecule has 2 N–H and O–H groups in total. The molecule has 0 saturated carbocycles. The molecule has 0 aliphatic heterocycles. The summed E-state index contributed by atoms with van der Waals surface area (Å²) in [5.74, 6) is 0.969. The molecule has 1 heterocycles. The maximum Gasteiger partial charge on any atom is 0.127 e. The van der Waals surface area contributed by atoms with Crippen LogP contribution in [-0.4, -0.2) is 35.1 Å². The van der Waals surface area contributed by atoms with Crippen molar-refractivity contribution in [3.8, 4) is 0 Å². The Hall–Kier alpha value is -2.17. The van der Waals surface area contributed by atoms with E-state index in [1.807, 2.05) is 12.1 Å². The summed E-state index contributed by atoms with van der Waals surface area (Å²) in [6.45, 7) is 1.86. The van der Waals surface area contributed by atoms with Gasteiger partial charge in [0.2, 0.25) is 0 Å². The summed E-state index contributed by atoms with van der Waals surface area (Å²) < 4.78 is 2.27. The van der Waals surface area contributed by atoms with Gasteiger partial charge in [0.15, 0.2) is 0 Å². The standard InChI is InChI=1S/C19H24N4/c1-22(2)12-13-23-18-11-7-6-10-17(18)21-19(23)16(20)14-15-8-4-3-5-9-15/h3-11,16H,12-14,20H2,1-2H3. The number of hydrogen-bond donors (Lipinski definition) is 1. The van der Waals surface area contributed by atoms with Gasteiger partial charge in [-0.3, -0.25) is 0 Å². The van der Waals surface area contributed by atoms with Crippen molar-refractivity contribution in [3.63, 3.8) is 0 Å². The minimum absolute atomic E-state index is 0.105. The zero-order chi connectivity index (χ0) is 16.2. The van der Waals surface area contributed by atoms with E-state index in [0.717, 1.165) is 36.4 Å². The second-order valence-corrected chi connectivity index (χ2v) is 6.21. The van der Waals surface area contributed by atoms with Gasteiger partial charge in [-0.1, -0.05) is 42.5 Å². The highest BCUT2D eigenvalue weighted by atomic mass is 15.1. The monoisotopic (exact) mass is 308 g/mol. The van der Waals surface area contributed by atoms with Gasteiger partial charge in [-0.15, -0.1) is 0 Å². The van der Waals surface area contributed by atoms with E-state index in [0.29, 0.717) is 0 Å². The zero-order valence-corrected chi connectivity index (χ0v) is 13.8. The number of nitrogens with two attached hydrogens (primary N) is 1. The summed E-state index contributed by atoms with van der Waals surface area (Å²) in [4.78, 5) is 6.99. The van der Waals surface area contributed by atoms with Crippen LogP contribution >= 0.6 is 0 Å². The van der Waals surface area contributed by atoms with Crippen LogP contribution in [0.3, 0.4) is 0 Å². The molecule has 1 unspecified atom stereocenters. The van der Waals surface area contributed by atoms with Crippen LogP contribution in [0.25, 0.3) is 11.0 Å². The Balaban J connectivity index is 1.93. The molecular weight excluding hydrogens is 284 g/mol. The molecule has 0 aliphatic rings. The smallest absolute Gasteiger partial charge is 0.127 e. The van der Waals surface area contributed by atoms with Gasteiger partial charge in [0, 0.05) is 13.1 Å². The van der Waals surface area contributed by atoms with Crippen molar-refractivity contribution < 1.29 is 0 Å². The first-order chi connectivity index (χ1) is 11.1. The van der Waals surface area contributed by atoms with E-state index in [1.165, 1.54) is 5.56 Å². The van der Waals surface area contributed by atoms with Gasteiger partial charge in [0.05, 0.1) is 17.1 Å². The van der Waals surface area contributed by atoms with Crippen molar-refractivity contribution in [2.45, 2.75) is 19.0 Å². The molecule has 3 aromatic rings. The topological polar surface area (TPSA) is 47.1 Å². The third-order valence-electron chi connectivity index (χ3n) is 4.08. The Morgan fingerprint density at radius 2 is 1.74 bits per heavy atom. The number of aromatic nitrogens is 2. The molecule has 0 fully saturated rings. The fourth-order valence-electron chi connectivity index (χ4n) is 2.87. The number of imidazole rings is 1. The molecule has 1 aromatic heterocycles. The molecule has 4 nitrogen and oxygen atoms in total. The van der Waals surface area contributed by atoms with Gasteiger partial charge in [-0.25, -0.2) is 4.98 Å². The molecule has 1 atom stereocenters. The van der Waals surface area contributed by atoms with E-state index in [1.54, 1.807) is 0 Å². The predicted molar refractivity (Wildman–Crippen MR) is 95.4 cm³/mol. The summed E-state index contributed by atoms with van der Waals surface area (Å²) in [6, 6.07) is 18.5. The predicted octanol–water partition coefficient (Wildman–Crippen LogP) is 2.84. The fraction of sp³-hybridized carbons (Fsp3) is 0.316. The van der Waals surface area contributed by atoms with E-state index in [2.05, 4.69) is 66.0 Å². The SMILES string of the molecule is CN(C)CCn1c(C(N)Cc2ccccc2)nc2ccccc21. The lowest BCUT2D eigenvalue weighted by Crippen LogP contribution is -2.23. The van der Waals surface area contributed by atoms with E-state index in [9.17, 15) is 0 Å². The highest BCUT2D eigenvalue weighted by Crippen LogP contribution is 2.22. The number of nitrogens with zero attached hydrogens (tertiary/aromatic N) is 3. The molecule has 23 heavy (non-hydrogen) atoms. The molecule has 0 spiro atoms. The number of benzene rings is 2. The van der Waals surface area contributed by atoms with E-state index in [-0.39, 0.29) is 6.04 Å². The van der Waals surface area contributed by atoms with Crippen LogP contribution in [0.1, 0.15) is 17.4 Å². The summed E-state index contributed by atoms with van der Waals surface area (Å²) in [7, 11) is 4.17. The fourth-order valence-corrected chi connectivity index (χ4v) is 2.87. The second kappa shape index (κ2) is 6.94. The van der Waals surface area contributed by atoms with Crippen molar-refractivity contribution in [2.24, 2.45) is 5.73 Å². The van der Waals surface area contributed by atoms with Gasteiger partial charge < -0.3 is 15.2 Å². The normalized spacial score (nSPS) is 12.9.